The molecule has 2 nitrogen and oxygen atoms in total. The van der Waals surface area contributed by atoms with Gasteiger partial charge in [-0.25, -0.2) is 0 Å². The quantitative estimate of drug-likeness (QED) is 0.613. The van der Waals surface area contributed by atoms with Crippen LogP contribution in [0.15, 0.2) is 12.1 Å². The summed E-state index contributed by atoms with van der Waals surface area (Å²) in [5.74, 6) is 0. The third kappa shape index (κ3) is 1.33. The fourth-order valence-electron chi connectivity index (χ4n) is 1.36. The van der Waals surface area contributed by atoms with Gasteiger partial charge in [-0.1, -0.05) is 6.08 Å². The Bertz CT molecular complexity index is 317. The summed E-state index contributed by atoms with van der Waals surface area (Å²) in [6.45, 7) is 0. The Hall–Kier alpha value is -0.575. The maximum absolute atomic E-state index is 8.91. The molecule has 1 heterocycles. The van der Waals surface area contributed by atoms with Crippen LogP contribution in [0.25, 0.3) is 6.08 Å². The molecule has 0 bridgehead atoms. The topological polar surface area (TPSA) is 40.5 Å². The number of allylic oxidation sites excluding steroid dienone is 1. The number of fused-ring (bicyclic) bond motifs is 1. The minimum absolute atomic E-state index is 0.645. The summed E-state index contributed by atoms with van der Waals surface area (Å²) in [5.41, 5.74) is 1.24. The number of hydrogen-bond acceptors (Lipinski definition) is 3. The first-order valence-corrected chi connectivity index (χ1v) is 4.74. The molecule has 1 aromatic heterocycles. The van der Waals surface area contributed by atoms with E-state index in [-0.39, 0.29) is 0 Å². The van der Waals surface area contributed by atoms with Crippen LogP contribution in [0, 0.1) is 0 Å². The van der Waals surface area contributed by atoms with Gasteiger partial charge in [-0.2, -0.15) is 0 Å². The predicted octanol–water partition coefficient (Wildman–Crippen LogP) is 0.387. The van der Waals surface area contributed by atoms with Crippen LogP contribution in [0.5, 0.6) is 0 Å². The maximum Gasteiger partial charge on any atom is 0.499 e. The standard InChI is InChI=1S/C8H9BO2S/c10-9(11)8-5-6-3-1-2-4-7(6)12-8/h2,4-5,10-11H,1,3H2. The fraction of sp³-hybridized carbons (Fsp3) is 0.250. The molecule has 0 aliphatic heterocycles. The first-order valence-electron chi connectivity index (χ1n) is 3.92. The first-order chi connectivity index (χ1) is 5.77. The molecule has 0 amide bonds. The van der Waals surface area contributed by atoms with Crippen molar-refractivity contribution in [2.75, 3.05) is 0 Å². The molecule has 0 unspecified atom stereocenters. The van der Waals surface area contributed by atoms with Crippen LogP contribution in [-0.2, 0) is 6.42 Å². The normalized spacial score (nSPS) is 14.5. The highest BCUT2D eigenvalue weighted by molar-refractivity contribution is 7.23. The molecule has 62 valence electrons. The molecule has 0 saturated heterocycles. The summed E-state index contributed by atoms with van der Waals surface area (Å²) >= 11 is 1.46. The Balaban J connectivity index is 2.39. The van der Waals surface area contributed by atoms with Crippen LogP contribution in [0.1, 0.15) is 16.9 Å². The Morgan fingerprint density at radius 2 is 2.25 bits per heavy atom. The average Bonchev–Trinajstić information content (AvgIpc) is 2.46. The van der Waals surface area contributed by atoms with Gasteiger partial charge < -0.3 is 10.0 Å². The Morgan fingerprint density at radius 3 is 2.92 bits per heavy atom. The third-order valence-corrected chi connectivity index (χ3v) is 3.15. The van der Waals surface area contributed by atoms with Crippen molar-refractivity contribution in [1.29, 1.82) is 0 Å². The molecule has 0 saturated carbocycles. The highest BCUT2D eigenvalue weighted by Gasteiger charge is 2.17. The SMILES string of the molecule is OB(O)c1cc2c(s1)C=CCC2. The van der Waals surface area contributed by atoms with Crippen LogP contribution in [-0.4, -0.2) is 17.2 Å². The van der Waals surface area contributed by atoms with Gasteiger partial charge in [-0.15, -0.1) is 11.3 Å². The predicted molar refractivity (Wildman–Crippen MR) is 51.5 cm³/mol. The molecule has 0 atom stereocenters. The summed E-state index contributed by atoms with van der Waals surface area (Å²) in [4.78, 5) is 1.17. The molecule has 2 rings (SSSR count). The van der Waals surface area contributed by atoms with Gasteiger partial charge in [0.15, 0.2) is 0 Å². The third-order valence-electron chi connectivity index (χ3n) is 1.96. The monoisotopic (exact) mass is 180 g/mol. The van der Waals surface area contributed by atoms with Gasteiger partial charge in [0.05, 0.1) is 0 Å². The Labute approximate surface area is 75.3 Å². The van der Waals surface area contributed by atoms with E-state index in [0.717, 1.165) is 12.8 Å². The van der Waals surface area contributed by atoms with Gasteiger partial charge >= 0.3 is 7.12 Å². The van der Waals surface area contributed by atoms with Crippen molar-refractivity contribution in [2.45, 2.75) is 12.8 Å². The Kier molecular flexibility index (Phi) is 2.04. The molecule has 0 spiro atoms. The van der Waals surface area contributed by atoms with Crippen LogP contribution in [0.4, 0.5) is 0 Å². The van der Waals surface area contributed by atoms with E-state index in [9.17, 15) is 0 Å². The van der Waals surface area contributed by atoms with E-state index >= 15 is 0 Å². The van der Waals surface area contributed by atoms with Crippen LogP contribution in [0.3, 0.4) is 0 Å². The molecule has 1 aliphatic rings. The van der Waals surface area contributed by atoms with E-state index in [1.165, 1.54) is 21.8 Å². The van der Waals surface area contributed by atoms with Crippen molar-refractivity contribution < 1.29 is 10.0 Å². The maximum atomic E-state index is 8.91. The number of thiophene rings is 1. The lowest BCUT2D eigenvalue weighted by molar-refractivity contribution is 0.427. The Morgan fingerprint density at radius 1 is 1.42 bits per heavy atom. The lowest BCUT2D eigenvalue weighted by atomic mass is 9.88. The molecular weight excluding hydrogens is 171 g/mol. The van der Waals surface area contributed by atoms with Crippen LogP contribution >= 0.6 is 11.3 Å². The molecule has 1 aromatic rings. The summed E-state index contributed by atoms with van der Waals surface area (Å²) in [6.07, 6.45) is 6.25. The molecule has 1 aliphatic carbocycles. The van der Waals surface area contributed by atoms with Gasteiger partial charge in [0.25, 0.3) is 0 Å². The lowest BCUT2D eigenvalue weighted by Gasteiger charge is -2.01. The van der Waals surface area contributed by atoms with Crippen molar-refractivity contribution in [2.24, 2.45) is 0 Å². The highest BCUT2D eigenvalue weighted by atomic mass is 32.1. The van der Waals surface area contributed by atoms with Gasteiger partial charge in [0.2, 0.25) is 0 Å². The second kappa shape index (κ2) is 3.05. The summed E-state index contributed by atoms with van der Waals surface area (Å²) in [5, 5.41) is 17.8. The summed E-state index contributed by atoms with van der Waals surface area (Å²) in [7, 11) is -1.31. The lowest BCUT2D eigenvalue weighted by Crippen LogP contribution is -2.26. The average molecular weight is 180 g/mol. The van der Waals surface area contributed by atoms with E-state index in [1.807, 2.05) is 6.07 Å². The number of hydrogen-bond donors (Lipinski definition) is 2. The zero-order chi connectivity index (χ0) is 8.55. The van der Waals surface area contributed by atoms with Gasteiger partial charge in [-0.05, 0) is 30.5 Å². The van der Waals surface area contributed by atoms with Crippen molar-refractivity contribution in [3.8, 4) is 0 Å². The van der Waals surface area contributed by atoms with Crippen molar-refractivity contribution in [3.63, 3.8) is 0 Å². The van der Waals surface area contributed by atoms with Crippen molar-refractivity contribution in [3.05, 3.63) is 22.6 Å². The van der Waals surface area contributed by atoms with Gasteiger partial charge in [0.1, 0.15) is 0 Å². The van der Waals surface area contributed by atoms with Crippen LogP contribution < -0.4 is 4.78 Å². The smallest absolute Gasteiger partial charge is 0.423 e. The van der Waals surface area contributed by atoms with E-state index in [0.29, 0.717) is 4.78 Å². The van der Waals surface area contributed by atoms with Crippen molar-refractivity contribution >= 4 is 29.3 Å². The van der Waals surface area contributed by atoms with E-state index in [4.69, 9.17) is 10.0 Å². The second-order valence-electron chi connectivity index (χ2n) is 2.85. The largest absolute Gasteiger partial charge is 0.499 e. The second-order valence-corrected chi connectivity index (χ2v) is 3.97. The van der Waals surface area contributed by atoms with Crippen molar-refractivity contribution in [1.82, 2.24) is 0 Å². The minimum Gasteiger partial charge on any atom is -0.423 e. The first kappa shape index (κ1) is 8.04. The highest BCUT2D eigenvalue weighted by Crippen LogP contribution is 2.22. The van der Waals surface area contributed by atoms with Crippen LogP contribution in [0.2, 0.25) is 0 Å². The molecule has 0 aromatic carbocycles. The molecule has 12 heavy (non-hydrogen) atoms. The number of rotatable bonds is 1. The molecule has 0 fully saturated rings. The minimum atomic E-state index is -1.31. The summed E-state index contributed by atoms with van der Waals surface area (Å²) < 4.78 is 0.645. The number of aryl methyl sites for hydroxylation is 1. The molecule has 0 radical (unpaired) electrons. The summed E-state index contributed by atoms with van der Waals surface area (Å²) in [6, 6.07) is 1.88. The van der Waals surface area contributed by atoms with E-state index in [1.54, 1.807) is 0 Å². The van der Waals surface area contributed by atoms with Gasteiger partial charge in [0, 0.05) is 9.65 Å². The molecule has 4 heteroatoms. The van der Waals surface area contributed by atoms with E-state index < -0.39 is 7.12 Å². The van der Waals surface area contributed by atoms with E-state index in [2.05, 4.69) is 12.2 Å². The zero-order valence-electron chi connectivity index (χ0n) is 6.53. The fourth-order valence-corrected chi connectivity index (χ4v) is 2.37. The molecular formula is C8H9BO2S. The van der Waals surface area contributed by atoms with Gasteiger partial charge in [-0.3, -0.25) is 0 Å². The zero-order valence-corrected chi connectivity index (χ0v) is 7.34. The molecule has 2 N–H and O–H groups in total.